The van der Waals surface area contributed by atoms with E-state index >= 15 is 0 Å². The molecule has 7 nitrogen and oxygen atoms in total. The number of hydrogen-bond acceptors (Lipinski definition) is 6. The number of hydrogen-bond donors (Lipinski definition) is 2. The Morgan fingerprint density at radius 1 is 1.38 bits per heavy atom. The molecule has 11 heteroatoms. The highest BCUT2D eigenvalue weighted by Gasteiger charge is 2.12. The topological polar surface area (TPSA) is 89.0 Å². The summed E-state index contributed by atoms with van der Waals surface area (Å²) in [6.07, 6.45) is 0.651. The van der Waals surface area contributed by atoms with Gasteiger partial charge in [0.2, 0.25) is 5.91 Å². The fraction of sp³-hybridized carbons (Fsp3) is 0.400. The number of aromatic amines is 1. The van der Waals surface area contributed by atoms with E-state index < -0.39 is 5.76 Å². The van der Waals surface area contributed by atoms with Crippen molar-refractivity contribution in [1.29, 1.82) is 0 Å². The maximum atomic E-state index is 12.3. The lowest BCUT2D eigenvalue weighted by Crippen LogP contribution is -2.19. The molecule has 0 spiro atoms. The van der Waals surface area contributed by atoms with Crippen LogP contribution in [0.2, 0.25) is 0 Å². The van der Waals surface area contributed by atoms with Crippen LogP contribution in [0.25, 0.3) is 0 Å². The number of aromatic nitrogens is 3. The Balaban J connectivity index is 1.86. The normalized spacial score (nSPS) is 11.1. The molecule has 0 saturated carbocycles. The quantitative estimate of drug-likeness (QED) is 0.468. The number of amides is 1. The van der Waals surface area contributed by atoms with E-state index in [0.29, 0.717) is 47.1 Å². The van der Waals surface area contributed by atoms with E-state index in [2.05, 4.69) is 15.5 Å². The third-order valence-electron chi connectivity index (χ3n) is 3.15. The molecule has 2 rings (SSSR count). The summed E-state index contributed by atoms with van der Waals surface area (Å²) in [5, 5.41) is 9.36. The van der Waals surface area contributed by atoms with Gasteiger partial charge in [0.15, 0.2) is 5.16 Å². The van der Waals surface area contributed by atoms with Gasteiger partial charge in [-0.05, 0) is 30.7 Å². The van der Waals surface area contributed by atoms with Crippen molar-refractivity contribution < 1.29 is 18.3 Å². The van der Waals surface area contributed by atoms with Crippen molar-refractivity contribution in [2.24, 2.45) is 0 Å². The van der Waals surface area contributed by atoms with Crippen molar-refractivity contribution in [1.82, 2.24) is 14.8 Å². The molecule has 26 heavy (non-hydrogen) atoms. The van der Waals surface area contributed by atoms with Crippen LogP contribution in [0.4, 0.5) is 14.5 Å². The summed E-state index contributed by atoms with van der Waals surface area (Å²) < 4.78 is 31.0. The average molecular weight is 404 g/mol. The van der Waals surface area contributed by atoms with Gasteiger partial charge in [-0.3, -0.25) is 9.36 Å². The molecule has 2 aromatic rings. The molecule has 1 amide bonds. The van der Waals surface area contributed by atoms with E-state index in [1.54, 1.807) is 19.2 Å². The predicted molar refractivity (Wildman–Crippen MR) is 97.0 cm³/mol. The van der Waals surface area contributed by atoms with Crippen molar-refractivity contribution in [3.63, 3.8) is 0 Å². The van der Waals surface area contributed by atoms with E-state index in [0.717, 1.165) is 11.8 Å². The van der Waals surface area contributed by atoms with Gasteiger partial charge in [0, 0.05) is 30.8 Å². The molecule has 0 radical (unpaired) electrons. The number of alkyl halides is 2. The summed E-state index contributed by atoms with van der Waals surface area (Å²) >= 11 is 1.57. The van der Waals surface area contributed by atoms with Crippen LogP contribution in [-0.4, -0.2) is 45.9 Å². The van der Waals surface area contributed by atoms with Gasteiger partial charge >= 0.3 is 5.69 Å². The first-order valence-electron chi connectivity index (χ1n) is 7.61. The minimum atomic E-state index is -2.48. The molecule has 1 aromatic carbocycles. The number of H-pyrrole nitrogens is 1. The van der Waals surface area contributed by atoms with Crippen LogP contribution in [-0.2, 0) is 16.1 Å². The summed E-state index contributed by atoms with van der Waals surface area (Å²) in [6, 6.07) is 6.15. The Morgan fingerprint density at radius 2 is 2.12 bits per heavy atom. The van der Waals surface area contributed by atoms with Gasteiger partial charge in [0.25, 0.3) is 5.76 Å². The molecule has 2 N–H and O–H groups in total. The smallest absolute Gasteiger partial charge is 0.343 e. The fourth-order valence-corrected chi connectivity index (χ4v) is 3.30. The number of carbonyl (C=O) groups excluding carboxylic acids is 1. The third kappa shape index (κ3) is 6.46. The lowest BCUT2D eigenvalue weighted by Gasteiger charge is -2.07. The maximum absolute atomic E-state index is 12.3. The van der Waals surface area contributed by atoms with Gasteiger partial charge in [-0.15, -0.1) is 5.10 Å². The largest absolute Gasteiger partial charge is 0.385 e. The van der Waals surface area contributed by atoms with Gasteiger partial charge in [-0.1, -0.05) is 23.5 Å². The predicted octanol–water partition coefficient (Wildman–Crippen LogP) is 2.65. The fourth-order valence-electron chi connectivity index (χ4n) is 2.02. The van der Waals surface area contributed by atoms with Crippen molar-refractivity contribution in [2.45, 2.75) is 28.8 Å². The highest BCUT2D eigenvalue weighted by Crippen LogP contribution is 2.26. The summed E-state index contributed by atoms with van der Waals surface area (Å²) in [4.78, 5) is 24.2. The zero-order valence-electron chi connectivity index (χ0n) is 13.9. The van der Waals surface area contributed by atoms with Crippen LogP contribution in [0.5, 0.6) is 0 Å². The number of rotatable bonds is 10. The van der Waals surface area contributed by atoms with Crippen molar-refractivity contribution in [3.8, 4) is 0 Å². The summed E-state index contributed by atoms with van der Waals surface area (Å²) in [5.41, 5.74) is 0.171. The number of thioether (sulfide) groups is 2. The molecule has 1 heterocycles. The minimum Gasteiger partial charge on any atom is -0.385 e. The Labute approximate surface area is 156 Å². The highest BCUT2D eigenvalue weighted by atomic mass is 32.2. The van der Waals surface area contributed by atoms with Crippen molar-refractivity contribution >= 4 is 35.1 Å². The second kappa shape index (κ2) is 10.3. The standard InChI is InChI=1S/C15H18F2N4O3S2/c1-24-8-2-7-21-14(23)19-20-15(21)25-9-12(22)18-10-3-5-11(6-4-10)26-13(16)17/h3-6,13H,2,7-9H2,1H3,(H,18,22)(H,19,23). The third-order valence-corrected chi connectivity index (χ3v) is 4.85. The van der Waals surface area contributed by atoms with Gasteiger partial charge < -0.3 is 10.1 Å². The Bertz CT molecular complexity index is 765. The van der Waals surface area contributed by atoms with Crippen molar-refractivity contribution in [3.05, 3.63) is 34.7 Å². The lowest BCUT2D eigenvalue weighted by atomic mass is 10.3. The molecule has 0 bridgehead atoms. The molecule has 0 aliphatic carbocycles. The van der Waals surface area contributed by atoms with Crippen LogP contribution in [0.15, 0.2) is 39.1 Å². The molecule has 0 atom stereocenters. The summed E-state index contributed by atoms with van der Waals surface area (Å²) in [7, 11) is 1.58. The zero-order valence-corrected chi connectivity index (χ0v) is 15.5. The van der Waals surface area contributed by atoms with Crippen LogP contribution in [0, 0.1) is 0 Å². The lowest BCUT2D eigenvalue weighted by molar-refractivity contribution is -0.113. The number of benzene rings is 1. The van der Waals surface area contributed by atoms with Gasteiger partial charge in [-0.2, -0.15) is 8.78 Å². The number of carbonyl (C=O) groups is 1. The monoisotopic (exact) mass is 404 g/mol. The van der Waals surface area contributed by atoms with E-state index in [9.17, 15) is 18.4 Å². The first kappa shape index (κ1) is 20.5. The van der Waals surface area contributed by atoms with E-state index in [1.807, 2.05) is 0 Å². The number of halogens is 2. The van der Waals surface area contributed by atoms with E-state index in [1.165, 1.54) is 16.7 Å². The first-order valence-corrected chi connectivity index (χ1v) is 9.48. The highest BCUT2D eigenvalue weighted by molar-refractivity contribution is 8.00. The molecule has 0 unspecified atom stereocenters. The first-order chi connectivity index (χ1) is 12.5. The molecule has 142 valence electrons. The summed E-state index contributed by atoms with van der Waals surface area (Å²) in [5.74, 6) is -2.72. The number of ether oxygens (including phenoxy) is 1. The van der Waals surface area contributed by atoms with Crippen LogP contribution >= 0.6 is 23.5 Å². The second-order valence-electron chi connectivity index (χ2n) is 5.05. The van der Waals surface area contributed by atoms with Crippen LogP contribution < -0.4 is 11.0 Å². The van der Waals surface area contributed by atoms with Gasteiger partial charge in [0.1, 0.15) is 0 Å². The van der Waals surface area contributed by atoms with E-state index in [4.69, 9.17) is 4.74 Å². The average Bonchev–Trinajstić information content (AvgIpc) is 2.95. The molecule has 0 aliphatic heterocycles. The van der Waals surface area contributed by atoms with Crippen LogP contribution in [0.1, 0.15) is 6.42 Å². The molecule has 0 aliphatic rings. The second-order valence-corrected chi connectivity index (χ2v) is 7.06. The van der Waals surface area contributed by atoms with E-state index in [-0.39, 0.29) is 17.3 Å². The van der Waals surface area contributed by atoms with Crippen molar-refractivity contribution in [2.75, 3.05) is 24.8 Å². The van der Waals surface area contributed by atoms with Crippen LogP contribution in [0.3, 0.4) is 0 Å². The maximum Gasteiger partial charge on any atom is 0.343 e. The SMILES string of the molecule is COCCCn1c(SCC(=O)Nc2ccc(SC(F)F)cc2)n[nH]c1=O. The van der Waals surface area contributed by atoms with Gasteiger partial charge in [0.05, 0.1) is 5.75 Å². The number of nitrogens with one attached hydrogen (secondary N) is 2. The minimum absolute atomic E-state index is 0.0576. The molecule has 1 aromatic heterocycles. The molecular formula is C15H18F2N4O3S2. The summed E-state index contributed by atoms with van der Waals surface area (Å²) in [6.45, 7) is 0.957. The molecule has 0 saturated heterocycles. The Hall–Kier alpha value is -1.85. The van der Waals surface area contributed by atoms with Gasteiger partial charge in [-0.25, -0.2) is 9.89 Å². The zero-order chi connectivity index (χ0) is 18.9. The number of methoxy groups -OCH3 is 1. The molecular weight excluding hydrogens is 386 g/mol. The number of anilines is 1. The molecule has 0 fully saturated rings. The Kier molecular flexibility index (Phi) is 8.13. The Morgan fingerprint density at radius 3 is 2.77 bits per heavy atom. The number of nitrogens with zero attached hydrogens (tertiary/aromatic N) is 2.